The molecule has 2 aromatic heterocycles. The molecule has 0 spiro atoms. The summed E-state index contributed by atoms with van der Waals surface area (Å²) in [6, 6.07) is 4.24. The first-order valence-corrected chi connectivity index (χ1v) is 4.08. The van der Waals surface area contributed by atoms with Gasteiger partial charge in [-0.3, -0.25) is 4.98 Å². The molecule has 0 unspecified atom stereocenters. The van der Waals surface area contributed by atoms with Crippen molar-refractivity contribution in [2.45, 2.75) is 13.8 Å². The van der Waals surface area contributed by atoms with Gasteiger partial charge in [-0.2, -0.15) is 0 Å². The first-order valence-electron chi connectivity index (χ1n) is 4.08. The monoisotopic (exact) mass is 160 g/mol. The summed E-state index contributed by atoms with van der Waals surface area (Å²) in [6.07, 6.45) is 2.07. The predicted molar refractivity (Wildman–Crippen MR) is 50.2 cm³/mol. The third-order valence-corrected chi connectivity index (χ3v) is 2.15. The van der Waals surface area contributed by atoms with E-state index in [4.69, 9.17) is 0 Å². The van der Waals surface area contributed by atoms with Crippen LogP contribution in [0.1, 0.15) is 11.4 Å². The number of fused-ring (bicyclic) bond motifs is 1. The number of aryl methyl sites for hydroxylation is 3. The highest BCUT2D eigenvalue weighted by atomic mass is 14.9. The van der Waals surface area contributed by atoms with E-state index in [0.717, 1.165) is 11.4 Å². The SMILES string of the molecule is Cc1cc2ccn(C)c2c(C)n1. The Bertz CT molecular complexity index is 427. The zero-order chi connectivity index (χ0) is 8.72. The molecular weight excluding hydrogens is 148 g/mol. The Balaban J connectivity index is 2.93. The Labute approximate surface area is 71.8 Å². The molecular formula is C10H12N2. The fourth-order valence-corrected chi connectivity index (χ4v) is 1.70. The molecule has 0 aliphatic heterocycles. The zero-order valence-corrected chi connectivity index (χ0v) is 7.63. The fraction of sp³-hybridized carbons (Fsp3) is 0.300. The van der Waals surface area contributed by atoms with Gasteiger partial charge < -0.3 is 4.57 Å². The van der Waals surface area contributed by atoms with Crippen molar-refractivity contribution in [3.05, 3.63) is 29.7 Å². The Morgan fingerprint density at radius 2 is 2.08 bits per heavy atom. The molecule has 0 radical (unpaired) electrons. The van der Waals surface area contributed by atoms with Crippen LogP contribution in [0.5, 0.6) is 0 Å². The van der Waals surface area contributed by atoms with E-state index < -0.39 is 0 Å². The second-order valence-corrected chi connectivity index (χ2v) is 3.21. The smallest absolute Gasteiger partial charge is 0.0694 e. The molecule has 62 valence electrons. The molecule has 0 atom stereocenters. The largest absolute Gasteiger partial charge is 0.349 e. The quantitative estimate of drug-likeness (QED) is 0.577. The number of nitrogens with zero attached hydrogens (tertiary/aromatic N) is 2. The maximum Gasteiger partial charge on any atom is 0.0694 e. The minimum Gasteiger partial charge on any atom is -0.349 e. The summed E-state index contributed by atoms with van der Waals surface area (Å²) in [5, 5.41) is 1.28. The number of rotatable bonds is 0. The van der Waals surface area contributed by atoms with Crippen LogP contribution in [0.4, 0.5) is 0 Å². The van der Waals surface area contributed by atoms with Crippen LogP contribution < -0.4 is 0 Å². The van der Waals surface area contributed by atoms with Crippen LogP contribution in [-0.4, -0.2) is 9.55 Å². The highest BCUT2D eigenvalue weighted by molar-refractivity contribution is 5.82. The molecule has 2 aromatic rings. The van der Waals surface area contributed by atoms with Crippen molar-refractivity contribution in [2.75, 3.05) is 0 Å². The standard InChI is InChI=1S/C10H12N2/c1-7-6-9-4-5-12(3)10(9)8(2)11-7/h4-6H,1-3H3. The van der Waals surface area contributed by atoms with Gasteiger partial charge in [0, 0.05) is 24.3 Å². The molecule has 2 heteroatoms. The highest BCUT2D eigenvalue weighted by Crippen LogP contribution is 2.17. The van der Waals surface area contributed by atoms with Gasteiger partial charge in [0.1, 0.15) is 0 Å². The van der Waals surface area contributed by atoms with Gasteiger partial charge in [0.15, 0.2) is 0 Å². The lowest BCUT2D eigenvalue weighted by atomic mass is 10.2. The average molecular weight is 160 g/mol. The second-order valence-electron chi connectivity index (χ2n) is 3.21. The minimum atomic E-state index is 1.09. The van der Waals surface area contributed by atoms with Crippen LogP contribution in [0.3, 0.4) is 0 Å². The van der Waals surface area contributed by atoms with E-state index in [9.17, 15) is 0 Å². The van der Waals surface area contributed by atoms with Crippen molar-refractivity contribution >= 4 is 10.9 Å². The highest BCUT2D eigenvalue weighted by Gasteiger charge is 2.02. The van der Waals surface area contributed by atoms with Gasteiger partial charge in [0.2, 0.25) is 0 Å². The van der Waals surface area contributed by atoms with Crippen molar-refractivity contribution in [1.29, 1.82) is 0 Å². The predicted octanol–water partition coefficient (Wildman–Crippen LogP) is 2.19. The lowest BCUT2D eigenvalue weighted by molar-refractivity contribution is 0.953. The van der Waals surface area contributed by atoms with E-state index in [2.05, 4.69) is 34.8 Å². The van der Waals surface area contributed by atoms with Crippen molar-refractivity contribution in [3.63, 3.8) is 0 Å². The van der Waals surface area contributed by atoms with Crippen LogP contribution >= 0.6 is 0 Å². The van der Waals surface area contributed by atoms with Gasteiger partial charge >= 0.3 is 0 Å². The van der Waals surface area contributed by atoms with E-state index >= 15 is 0 Å². The molecule has 0 bridgehead atoms. The van der Waals surface area contributed by atoms with E-state index in [1.807, 2.05) is 14.0 Å². The molecule has 2 heterocycles. The number of pyridine rings is 1. The molecule has 0 N–H and O–H groups in total. The van der Waals surface area contributed by atoms with E-state index in [1.54, 1.807) is 0 Å². The molecule has 0 fully saturated rings. The zero-order valence-electron chi connectivity index (χ0n) is 7.63. The fourth-order valence-electron chi connectivity index (χ4n) is 1.70. The van der Waals surface area contributed by atoms with Gasteiger partial charge in [0.25, 0.3) is 0 Å². The van der Waals surface area contributed by atoms with Crippen LogP contribution in [0, 0.1) is 13.8 Å². The lowest BCUT2D eigenvalue weighted by Crippen LogP contribution is -1.91. The summed E-state index contributed by atoms with van der Waals surface area (Å²) in [5.74, 6) is 0. The molecule has 2 nitrogen and oxygen atoms in total. The molecule has 0 amide bonds. The topological polar surface area (TPSA) is 17.8 Å². The van der Waals surface area contributed by atoms with Crippen molar-refractivity contribution in [2.24, 2.45) is 7.05 Å². The van der Waals surface area contributed by atoms with Gasteiger partial charge in [-0.25, -0.2) is 0 Å². The van der Waals surface area contributed by atoms with Crippen molar-refractivity contribution < 1.29 is 0 Å². The maximum atomic E-state index is 4.41. The maximum absolute atomic E-state index is 4.41. The molecule has 0 saturated carbocycles. The van der Waals surface area contributed by atoms with E-state index in [0.29, 0.717) is 0 Å². The number of hydrogen-bond acceptors (Lipinski definition) is 1. The molecule has 0 aromatic carbocycles. The Hall–Kier alpha value is -1.31. The van der Waals surface area contributed by atoms with Gasteiger partial charge in [0.05, 0.1) is 11.2 Å². The Kier molecular flexibility index (Phi) is 1.43. The van der Waals surface area contributed by atoms with Gasteiger partial charge in [-0.05, 0) is 26.0 Å². The summed E-state index contributed by atoms with van der Waals surface area (Å²) in [7, 11) is 2.05. The molecule has 2 rings (SSSR count). The van der Waals surface area contributed by atoms with Crippen LogP contribution in [0.25, 0.3) is 10.9 Å². The first kappa shape index (κ1) is 7.35. The summed E-state index contributed by atoms with van der Waals surface area (Å²) < 4.78 is 2.11. The molecule has 0 saturated heterocycles. The van der Waals surface area contributed by atoms with Crippen LogP contribution in [-0.2, 0) is 7.05 Å². The van der Waals surface area contributed by atoms with E-state index in [-0.39, 0.29) is 0 Å². The molecule has 0 aliphatic carbocycles. The second kappa shape index (κ2) is 2.34. The summed E-state index contributed by atoms with van der Waals surface area (Å²) >= 11 is 0. The van der Waals surface area contributed by atoms with Crippen LogP contribution in [0.2, 0.25) is 0 Å². The third kappa shape index (κ3) is 0.916. The van der Waals surface area contributed by atoms with E-state index in [1.165, 1.54) is 10.9 Å². The number of aromatic nitrogens is 2. The molecule has 12 heavy (non-hydrogen) atoms. The normalized spacial score (nSPS) is 10.9. The van der Waals surface area contributed by atoms with Gasteiger partial charge in [-0.1, -0.05) is 0 Å². The van der Waals surface area contributed by atoms with Crippen molar-refractivity contribution in [1.82, 2.24) is 9.55 Å². The lowest BCUT2D eigenvalue weighted by Gasteiger charge is -2.01. The first-order chi connectivity index (χ1) is 5.68. The summed E-state index contributed by atoms with van der Waals surface area (Å²) in [6.45, 7) is 4.08. The van der Waals surface area contributed by atoms with Gasteiger partial charge in [-0.15, -0.1) is 0 Å². The van der Waals surface area contributed by atoms with Crippen molar-refractivity contribution in [3.8, 4) is 0 Å². The minimum absolute atomic E-state index is 1.09. The summed E-state index contributed by atoms with van der Waals surface area (Å²) in [4.78, 5) is 4.41. The molecule has 0 aliphatic rings. The average Bonchev–Trinajstić information content (AvgIpc) is 2.31. The Morgan fingerprint density at radius 1 is 1.33 bits per heavy atom. The third-order valence-electron chi connectivity index (χ3n) is 2.15. The number of hydrogen-bond donors (Lipinski definition) is 0. The van der Waals surface area contributed by atoms with Crippen LogP contribution in [0.15, 0.2) is 18.3 Å². The summed E-state index contributed by atoms with van der Waals surface area (Å²) in [5.41, 5.74) is 3.43. The Morgan fingerprint density at radius 3 is 2.83 bits per heavy atom.